The van der Waals surface area contributed by atoms with E-state index in [1.54, 1.807) is 0 Å². The summed E-state index contributed by atoms with van der Waals surface area (Å²) in [6.07, 6.45) is 6.38. The van der Waals surface area contributed by atoms with E-state index in [0.29, 0.717) is 24.6 Å². The maximum atomic E-state index is 6.08. The Bertz CT molecular complexity index is 504. The van der Waals surface area contributed by atoms with Gasteiger partial charge in [-0.1, -0.05) is 43.5 Å². The summed E-state index contributed by atoms with van der Waals surface area (Å²) < 4.78 is 0. The molecule has 1 aromatic carbocycles. The highest BCUT2D eigenvalue weighted by atomic mass is 15.1. The van der Waals surface area contributed by atoms with Gasteiger partial charge in [0.1, 0.15) is 0 Å². The van der Waals surface area contributed by atoms with Crippen molar-refractivity contribution in [3.63, 3.8) is 0 Å². The van der Waals surface area contributed by atoms with Gasteiger partial charge in [0.15, 0.2) is 5.96 Å². The molecule has 4 nitrogen and oxygen atoms in total. The molecule has 0 atom stereocenters. The van der Waals surface area contributed by atoms with Crippen molar-refractivity contribution in [1.82, 2.24) is 10.2 Å². The van der Waals surface area contributed by atoms with Crippen LogP contribution in [0.5, 0.6) is 0 Å². The van der Waals surface area contributed by atoms with E-state index in [2.05, 4.69) is 60.4 Å². The van der Waals surface area contributed by atoms with Crippen LogP contribution in [0, 0.1) is 0 Å². The highest BCUT2D eigenvalue weighted by molar-refractivity contribution is 5.78. The predicted molar refractivity (Wildman–Crippen MR) is 98.4 cm³/mol. The fourth-order valence-electron chi connectivity index (χ4n) is 2.99. The summed E-state index contributed by atoms with van der Waals surface area (Å²) in [5, 5.41) is 3.38. The van der Waals surface area contributed by atoms with Gasteiger partial charge in [-0.3, -0.25) is 4.90 Å². The van der Waals surface area contributed by atoms with Gasteiger partial charge in [0.05, 0.1) is 6.54 Å². The molecular formula is C19H32N4. The Morgan fingerprint density at radius 2 is 1.87 bits per heavy atom. The summed E-state index contributed by atoms with van der Waals surface area (Å²) in [6.45, 7) is 6.02. The van der Waals surface area contributed by atoms with Crippen LogP contribution in [0.25, 0.3) is 0 Å². The van der Waals surface area contributed by atoms with E-state index in [1.807, 2.05) is 0 Å². The maximum absolute atomic E-state index is 6.08. The van der Waals surface area contributed by atoms with Crippen LogP contribution in [0.15, 0.2) is 29.3 Å². The number of hydrogen-bond donors (Lipinski definition) is 2. The fraction of sp³-hybridized carbons (Fsp3) is 0.632. The smallest absolute Gasteiger partial charge is 0.189 e. The lowest BCUT2D eigenvalue weighted by molar-refractivity contribution is 0.265. The lowest BCUT2D eigenvalue weighted by Gasteiger charge is -2.23. The Hall–Kier alpha value is -1.55. The van der Waals surface area contributed by atoms with Crippen molar-refractivity contribution in [3.8, 4) is 0 Å². The van der Waals surface area contributed by atoms with Crippen molar-refractivity contribution in [2.75, 3.05) is 7.05 Å². The lowest BCUT2D eigenvalue weighted by Crippen LogP contribution is -2.41. The molecule has 3 N–H and O–H groups in total. The zero-order valence-corrected chi connectivity index (χ0v) is 14.9. The van der Waals surface area contributed by atoms with Gasteiger partial charge in [-0.05, 0) is 44.9 Å². The van der Waals surface area contributed by atoms with E-state index in [9.17, 15) is 0 Å². The van der Waals surface area contributed by atoms with Gasteiger partial charge in [-0.15, -0.1) is 0 Å². The summed E-state index contributed by atoms with van der Waals surface area (Å²) >= 11 is 0. The average molecular weight is 316 g/mol. The molecule has 0 radical (unpaired) electrons. The van der Waals surface area contributed by atoms with Crippen molar-refractivity contribution in [3.05, 3.63) is 35.4 Å². The molecule has 1 saturated carbocycles. The predicted octanol–water partition coefficient (Wildman–Crippen LogP) is 3.26. The Morgan fingerprint density at radius 1 is 1.22 bits per heavy atom. The van der Waals surface area contributed by atoms with Crippen molar-refractivity contribution < 1.29 is 0 Å². The van der Waals surface area contributed by atoms with Crippen molar-refractivity contribution >= 4 is 5.96 Å². The van der Waals surface area contributed by atoms with E-state index >= 15 is 0 Å². The Morgan fingerprint density at radius 3 is 2.52 bits per heavy atom. The SMILES string of the molecule is CC(C)N(C)Cc1ccccc1CN=C(N)NC1CCCCC1. The van der Waals surface area contributed by atoms with Crippen molar-refractivity contribution in [2.45, 2.75) is 71.1 Å². The molecule has 1 aliphatic carbocycles. The van der Waals surface area contributed by atoms with Gasteiger partial charge >= 0.3 is 0 Å². The minimum atomic E-state index is 0.509. The molecule has 1 aromatic rings. The van der Waals surface area contributed by atoms with Crippen molar-refractivity contribution in [1.29, 1.82) is 0 Å². The Kier molecular flexibility index (Phi) is 6.90. The molecule has 0 spiro atoms. The molecule has 1 fully saturated rings. The molecule has 0 bridgehead atoms. The number of nitrogens with zero attached hydrogens (tertiary/aromatic N) is 2. The summed E-state index contributed by atoms with van der Waals surface area (Å²) in [5.41, 5.74) is 8.67. The van der Waals surface area contributed by atoms with Crippen LogP contribution in [0.2, 0.25) is 0 Å². The number of guanidine groups is 1. The van der Waals surface area contributed by atoms with Crippen LogP contribution in [-0.4, -0.2) is 30.0 Å². The van der Waals surface area contributed by atoms with Gasteiger partial charge < -0.3 is 11.1 Å². The first kappa shape index (κ1) is 17.8. The fourth-order valence-corrected chi connectivity index (χ4v) is 2.99. The number of rotatable bonds is 6. The summed E-state index contributed by atoms with van der Waals surface area (Å²) in [4.78, 5) is 6.91. The normalized spacial score (nSPS) is 17.0. The van der Waals surface area contributed by atoms with E-state index in [4.69, 9.17) is 5.73 Å². The monoisotopic (exact) mass is 316 g/mol. The van der Waals surface area contributed by atoms with Crippen LogP contribution in [0.3, 0.4) is 0 Å². The molecule has 0 amide bonds. The lowest BCUT2D eigenvalue weighted by atomic mass is 9.96. The number of hydrogen-bond acceptors (Lipinski definition) is 2. The first-order valence-electron chi connectivity index (χ1n) is 8.89. The summed E-state index contributed by atoms with van der Waals surface area (Å²) in [5.74, 6) is 0.587. The highest BCUT2D eigenvalue weighted by Crippen LogP contribution is 2.17. The average Bonchev–Trinajstić information content (AvgIpc) is 2.55. The largest absolute Gasteiger partial charge is 0.370 e. The number of aliphatic imine (C=N–C) groups is 1. The van der Waals surface area contributed by atoms with Crippen molar-refractivity contribution in [2.24, 2.45) is 10.7 Å². The number of benzene rings is 1. The summed E-state index contributed by atoms with van der Waals surface area (Å²) in [6, 6.07) is 9.56. The molecule has 0 unspecified atom stereocenters. The second-order valence-corrected chi connectivity index (χ2v) is 6.96. The number of nitrogens with one attached hydrogen (secondary N) is 1. The first-order chi connectivity index (χ1) is 11.1. The first-order valence-corrected chi connectivity index (χ1v) is 8.89. The van der Waals surface area contributed by atoms with E-state index in [1.165, 1.54) is 43.2 Å². The Balaban J connectivity index is 1.94. The second-order valence-electron chi connectivity index (χ2n) is 6.96. The molecule has 0 heterocycles. The molecule has 2 rings (SSSR count). The van der Waals surface area contributed by atoms with E-state index in [0.717, 1.165) is 6.54 Å². The zero-order chi connectivity index (χ0) is 16.7. The third-order valence-corrected chi connectivity index (χ3v) is 4.80. The Labute approximate surface area is 141 Å². The van der Waals surface area contributed by atoms with Gasteiger partial charge in [0.2, 0.25) is 0 Å². The van der Waals surface area contributed by atoms with Gasteiger partial charge in [-0.25, -0.2) is 4.99 Å². The third-order valence-electron chi connectivity index (χ3n) is 4.80. The van der Waals surface area contributed by atoms with Crippen LogP contribution in [-0.2, 0) is 13.1 Å². The molecular weight excluding hydrogens is 284 g/mol. The van der Waals surface area contributed by atoms with Crippen LogP contribution < -0.4 is 11.1 Å². The molecule has 0 aromatic heterocycles. The molecule has 0 saturated heterocycles. The molecule has 4 heteroatoms. The van der Waals surface area contributed by atoms with Crippen LogP contribution in [0.1, 0.15) is 57.1 Å². The second kappa shape index (κ2) is 8.92. The van der Waals surface area contributed by atoms with E-state index < -0.39 is 0 Å². The standard InChI is InChI=1S/C19H32N4/c1-15(2)23(3)14-17-10-8-7-9-16(17)13-21-19(20)22-18-11-5-4-6-12-18/h7-10,15,18H,4-6,11-14H2,1-3H3,(H3,20,21,22). The third kappa shape index (κ3) is 5.87. The van der Waals surface area contributed by atoms with Crippen LogP contribution in [0.4, 0.5) is 0 Å². The highest BCUT2D eigenvalue weighted by Gasteiger charge is 2.13. The van der Waals surface area contributed by atoms with Gasteiger partial charge in [0, 0.05) is 18.6 Å². The topological polar surface area (TPSA) is 53.6 Å². The van der Waals surface area contributed by atoms with Gasteiger partial charge in [-0.2, -0.15) is 0 Å². The quantitative estimate of drug-likeness (QED) is 0.625. The molecule has 1 aliphatic rings. The van der Waals surface area contributed by atoms with Crippen LogP contribution >= 0.6 is 0 Å². The van der Waals surface area contributed by atoms with Gasteiger partial charge in [0.25, 0.3) is 0 Å². The minimum absolute atomic E-state index is 0.509. The minimum Gasteiger partial charge on any atom is -0.370 e. The maximum Gasteiger partial charge on any atom is 0.189 e. The molecule has 0 aliphatic heterocycles. The summed E-state index contributed by atoms with van der Waals surface area (Å²) in [7, 11) is 2.16. The zero-order valence-electron chi connectivity index (χ0n) is 14.9. The number of nitrogens with two attached hydrogens (primary N) is 1. The molecule has 23 heavy (non-hydrogen) atoms. The molecule has 128 valence electrons. The van der Waals surface area contributed by atoms with E-state index in [-0.39, 0.29) is 0 Å².